The van der Waals surface area contributed by atoms with Crippen LogP contribution in [0, 0.1) is 12.8 Å². The molecule has 0 aliphatic rings. The minimum absolute atomic E-state index is 0.0465. The molecule has 1 N–H and O–H groups in total. The molecule has 6 nitrogen and oxygen atoms in total. The number of anilines is 1. The molecule has 8 heteroatoms. The van der Waals surface area contributed by atoms with Crippen LogP contribution in [0.25, 0.3) is 5.78 Å². The van der Waals surface area contributed by atoms with E-state index < -0.39 is 6.61 Å². The molecule has 132 valence electrons. The van der Waals surface area contributed by atoms with E-state index in [1.165, 1.54) is 6.33 Å². The van der Waals surface area contributed by atoms with Crippen LogP contribution < -0.4 is 10.1 Å². The van der Waals surface area contributed by atoms with Crippen LogP contribution in [0.2, 0.25) is 0 Å². The molecule has 1 aromatic carbocycles. The molecule has 0 saturated carbocycles. The summed E-state index contributed by atoms with van der Waals surface area (Å²) in [5.41, 5.74) is 1.78. The molecule has 0 spiro atoms. The Morgan fingerprint density at radius 1 is 1.16 bits per heavy atom. The van der Waals surface area contributed by atoms with Crippen molar-refractivity contribution in [3.8, 4) is 5.75 Å². The molecule has 0 fully saturated rings. The lowest BCUT2D eigenvalue weighted by atomic mass is 9.96. The van der Waals surface area contributed by atoms with Gasteiger partial charge in [-0.1, -0.05) is 26.0 Å². The summed E-state index contributed by atoms with van der Waals surface area (Å²) in [6, 6.07) is 8.49. The highest BCUT2D eigenvalue weighted by atomic mass is 19.3. The normalized spacial score (nSPS) is 12.8. The lowest BCUT2D eigenvalue weighted by Gasteiger charge is -2.24. The van der Waals surface area contributed by atoms with Gasteiger partial charge in [0.15, 0.2) is 0 Å². The molecule has 3 aromatic rings. The molecule has 0 radical (unpaired) electrons. The lowest BCUT2D eigenvalue weighted by molar-refractivity contribution is -0.0498. The molecular weight excluding hydrogens is 328 g/mol. The van der Waals surface area contributed by atoms with Gasteiger partial charge < -0.3 is 10.1 Å². The number of hydrogen-bond acceptors (Lipinski definition) is 5. The zero-order valence-corrected chi connectivity index (χ0v) is 14.1. The summed E-state index contributed by atoms with van der Waals surface area (Å²) in [6.07, 6.45) is 1.45. The van der Waals surface area contributed by atoms with Gasteiger partial charge in [0.1, 0.15) is 17.9 Å². The second-order valence-electron chi connectivity index (χ2n) is 6.07. The Hall–Kier alpha value is -2.77. The zero-order chi connectivity index (χ0) is 18.0. The first-order chi connectivity index (χ1) is 11.9. The number of fused-ring (bicyclic) bond motifs is 1. The van der Waals surface area contributed by atoms with E-state index in [1.807, 2.05) is 13.0 Å². The first-order valence-electron chi connectivity index (χ1n) is 7.92. The third-order valence-electron chi connectivity index (χ3n) is 3.81. The van der Waals surface area contributed by atoms with Crippen LogP contribution in [0.1, 0.15) is 31.1 Å². The van der Waals surface area contributed by atoms with Gasteiger partial charge >= 0.3 is 6.61 Å². The Morgan fingerprint density at radius 2 is 1.88 bits per heavy atom. The van der Waals surface area contributed by atoms with E-state index in [4.69, 9.17) is 0 Å². The number of halogens is 2. The quantitative estimate of drug-likeness (QED) is 0.734. The number of aromatic nitrogens is 4. The van der Waals surface area contributed by atoms with Crippen molar-refractivity contribution in [2.24, 2.45) is 5.92 Å². The number of benzene rings is 1. The number of rotatable bonds is 6. The Labute approximate surface area is 143 Å². The van der Waals surface area contributed by atoms with Crippen LogP contribution in [-0.4, -0.2) is 26.2 Å². The summed E-state index contributed by atoms with van der Waals surface area (Å²) in [7, 11) is 0. The molecule has 1 atom stereocenters. The zero-order valence-electron chi connectivity index (χ0n) is 14.1. The fraction of sp³-hybridized carbons (Fsp3) is 0.353. The minimum Gasteiger partial charge on any atom is -0.435 e. The van der Waals surface area contributed by atoms with Gasteiger partial charge in [-0.05, 0) is 30.5 Å². The smallest absolute Gasteiger partial charge is 0.387 e. The van der Waals surface area contributed by atoms with Gasteiger partial charge in [0.05, 0.1) is 6.04 Å². The van der Waals surface area contributed by atoms with Crippen molar-refractivity contribution in [2.45, 2.75) is 33.4 Å². The monoisotopic (exact) mass is 347 g/mol. The van der Waals surface area contributed by atoms with Crippen molar-refractivity contribution in [3.63, 3.8) is 0 Å². The van der Waals surface area contributed by atoms with E-state index >= 15 is 0 Å². The molecular formula is C17H19F2N5O. The number of aryl methyl sites for hydroxylation is 1. The second-order valence-corrected chi connectivity index (χ2v) is 6.07. The molecule has 0 amide bonds. The summed E-state index contributed by atoms with van der Waals surface area (Å²) in [4.78, 5) is 8.44. The number of nitrogens with zero attached hydrogens (tertiary/aromatic N) is 4. The van der Waals surface area contributed by atoms with Crippen molar-refractivity contribution >= 4 is 11.6 Å². The lowest BCUT2D eigenvalue weighted by Crippen LogP contribution is -2.19. The topological polar surface area (TPSA) is 64.3 Å². The van der Waals surface area contributed by atoms with Gasteiger partial charge in [0.25, 0.3) is 5.78 Å². The highest BCUT2D eigenvalue weighted by molar-refractivity contribution is 5.47. The highest BCUT2D eigenvalue weighted by Crippen LogP contribution is 2.28. The Kier molecular flexibility index (Phi) is 4.78. The van der Waals surface area contributed by atoms with Gasteiger partial charge in [-0.2, -0.15) is 23.4 Å². The third-order valence-corrected chi connectivity index (χ3v) is 3.81. The van der Waals surface area contributed by atoms with E-state index in [0.717, 1.165) is 17.1 Å². The van der Waals surface area contributed by atoms with Gasteiger partial charge in [0, 0.05) is 11.8 Å². The number of hydrogen-bond donors (Lipinski definition) is 1. The van der Waals surface area contributed by atoms with E-state index in [0.29, 0.717) is 5.78 Å². The maximum absolute atomic E-state index is 12.3. The van der Waals surface area contributed by atoms with Crippen LogP contribution in [0.3, 0.4) is 0 Å². The molecule has 0 aliphatic carbocycles. The molecule has 2 heterocycles. The molecule has 0 bridgehead atoms. The Morgan fingerprint density at radius 3 is 2.52 bits per heavy atom. The van der Waals surface area contributed by atoms with Crippen LogP contribution in [0.5, 0.6) is 5.75 Å². The van der Waals surface area contributed by atoms with Crippen LogP contribution in [0.15, 0.2) is 36.7 Å². The van der Waals surface area contributed by atoms with Crippen molar-refractivity contribution < 1.29 is 13.5 Å². The van der Waals surface area contributed by atoms with E-state index in [1.54, 1.807) is 28.8 Å². The number of ether oxygens (including phenoxy) is 1. The summed E-state index contributed by atoms with van der Waals surface area (Å²) in [6.45, 7) is 3.22. The molecule has 0 unspecified atom stereocenters. The van der Waals surface area contributed by atoms with Crippen molar-refractivity contribution in [1.82, 2.24) is 19.6 Å². The van der Waals surface area contributed by atoms with E-state index in [-0.39, 0.29) is 17.7 Å². The van der Waals surface area contributed by atoms with E-state index in [2.05, 4.69) is 39.0 Å². The van der Waals surface area contributed by atoms with Crippen LogP contribution in [-0.2, 0) is 0 Å². The SMILES string of the molecule is Cc1cc(N[C@@H](c2ccc(OC(F)F)cc2)C(C)C)n2ncnc2n1. The van der Waals surface area contributed by atoms with E-state index in [9.17, 15) is 8.78 Å². The van der Waals surface area contributed by atoms with Crippen LogP contribution >= 0.6 is 0 Å². The van der Waals surface area contributed by atoms with Crippen molar-refractivity contribution in [2.75, 3.05) is 5.32 Å². The predicted molar refractivity (Wildman–Crippen MR) is 89.8 cm³/mol. The highest BCUT2D eigenvalue weighted by Gasteiger charge is 2.18. The molecule has 2 aromatic heterocycles. The largest absolute Gasteiger partial charge is 0.435 e. The predicted octanol–water partition coefficient (Wildman–Crippen LogP) is 3.84. The average molecular weight is 347 g/mol. The summed E-state index contributed by atoms with van der Waals surface area (Å²) >= 11 is 0. The van der Waals surface area contributed by atoms with Crippen molar-refractivity contribution in [3.05, 3.63) is 47.9 Å². The number of nitrogens with one attached hydrogen (secondary N) is 1. The average Bonchev–Trinajstić information content (AvgIpc) is 3.01. The first-order valence-corrected chi connectivity index (χ1v) is 7.92. The van der Waals surface area contributed by atoms with Crippen molar-refractivity contribution in [1.29, 1.82) is 0 Å². The number of alkyl halides is 2. The fourth-order valence-corrected chi connectivity index (χ4v) is 2.68. The van der Waals surface area contributed by atoms with Crippen LogP contribution in [0.4, 0.5) is 14.6 Å². The maximum atomic E-state index is 12.3. The molecule has 3 rings (SSSR count). The molecule has 0 aliphatic heterocycles. The Bertz CT molecular complexity index is 848. The maximum Gasteiger partial charge on any atom is 0.387 e. The molecule has 0 saturated heterocycles. The minimum atomic E-state index is -2.83. The summed E-state index contributed by atoms with van der Waals surface area (Å²) < 4.78 is 30.6. The third kappa shape index (κ3) is 3.84. The van der Waals surface area contributed by atoms with Gasteiger partial charge in [-0.15, -0.1) is 0 Å². The summed E-state index contributed by atoms with van der Waals surface area (Å²) in [5.74, 6) is 1.67. The second kappa shape index (κ2) is 7.00. The van der Waals surface area contributed by atoms with Gasteiger partial charge in [0.2, 0.25) is 0 Å². The van der Waals surface area contributed by atoms with Gasteiger partial charge in [-0.25, -0.2) is 4.98 Å². The summed E-state index contributed by atoms with van der Waals surface area (Å²) in [5, 5.41) is 7.65. The Balaban J connectivity index is 1.89. The fourth-order valence-electron chi connectivity index (χ4n) is 2.68. The first kappa shape index (κ1) is 17.1. The standard InChI is InChI=1S/C17H19F2N5O/c1-10(2)15(12-4-6-13(7-5-12)25-16(18)19)23-14-8-11(3)22-17-20-9-21-24(14)17/h4-10,15-16,23H,1-3H3/t15-/m1/s1. The van der Waals surface area contributed by atoms with Gasteiger partial charge in [-0.3, -0.25) is 0 Å². The molecule has 25 heavy (non-hydrogen) atoms.